The largest absolute Gasteiger partial charge is 0.481 e. The second kappa shape index (κ2) is 10.4. The van der Waals surface area contributed by atoms with Crippen LogP contribution < -0.4 is 0 Å². The number of carbonyl (C=O) groups is 1. The fourth-order valence-electron chi connectivity index (χ4n) is 3.61. The van der Waals surface area contributed by atoms with Crippen molar-refractivity contribution in [1.29, 1.82) is 0 Å². The van der Waals surface area contributed by atoms with Gasteiger partial charge in [-0.25, -0.2) is 9.97 Å². The predicted octanol–water partition coefficient (Wildman–Crippen LogP) is 6.80. The van der Waals surface area contributed by atoms with E-state index in [-0.39, 0.29) is 12.3 Å². The van der Waals surface area contributed by atoms with E-state index in [4.69, 9.17) is 26.7 Å². The lowest BCUT2D eigenvalue weighted by molar-refractivity contribution is -0.137. The Balaban J connectivity index is 1.98. The number of nitrogens with zero attached hydrogens (tertiary/aromatic N) is 2. The van der Waals surface area contributed by atoms with E-state index in [0.717, 1.165) is 45.5 Å². The highest BCUT2D eigenvalue weighted by Gasteiger charge is 2.13. The number of benzene rings is 2. The molecule has 2 aromatic carbocycles. The lowest BCUT2D eigenvalue weighted by Gasteiger charge is -2.12. The maximum absolute atomic E-state index is 11.0. The lowest BCUT2D eigenvalue weighted by Crippen LogP contribution is -2.03. The molecule has 0 fully saturated rings. The summed E-state index contributed by atoms with van der Waals surface area (Å²) < 4.78 is 0. The number of aromatic nitrogens is 2. The minimum atomic E-state index is -0.788. The molecule has 3 aromatic rings. The zero-order valence-corrected chi connectivity index (χ0v) is 18.9. The van der Waals surface area contributed by atoms with Gasteiger partial charge in [0.2, 0.25) is 0 Å². The zero-order valence-electron chi connectivity index (χ0n) is 18.1. The Hall–Kier alpha value is -2.98. The smallest absolute Gasteiger partial charge is 0.303 e. The van der Waals surface area contributed by atoms with Crippen molar-refractivity contribution in [1.82, 2.24) is 9.97 Å². The summed E-state index contributed by atoms with van der Waals surface area (Å²) in [4.78, 5) is 20.9. The van der Waals surface area contributed by atoms with Crippen LogP contribution in [0.25, 0.3) is 22.3 Å². The number of carboxylic acids is 1. The van der Waals surface area contributed by atoms with Crippen LogP contribution in [0.5, 0.6) is 0 Å². The SMILES string of the molecule is C/C=C\C(=C/C(C)CC(=O)O)CCc1nc2cc(C)ccc2nc1-c1ccc(Cl)cc1. The fourth-order valence-corrected chi connectivity index (χ4v) is 3.74. The van der Waals surface area contributed by atoms with Gasteiger partial charge >= 0.3 is 5.97 Å². The molecule has 0 radical (unpaired) electrons. The van der Waals surface area contributed by atoms with Gasteiger partial charge in [-0.2, -0.15) is 0 Å². The Morgan fingerprint density at radius 3 is 2.55 bits per heavy atom. The second-order valence-corrected chi connectivity index (χ2v) is 8.27. The summed E-state index contributed by atoms with van der Waals surface area (Å²) in [5, 5.41) is 9.75. The van der Waals surface area contributed by atoms with Gasteiger partial charge in [-0.05, 0) is 62.4 Å². The Morgan fingerprint density at radius 2 is 1.87 bits per heavy atom. The van der Waals surface area contributed by atoms with Gasteiger partial charge in [-0.15, -0.1) is 0 Å². The molecule has 0 saturated carbocycles. The van der Waals surface area contributed by atoms with E-state index in [1.54, 1.807) is 0 Å². The van der Waals surface area contributed by atoms with E-state index >= 15 is 0 Å². The van der Waals surface area contributed by atoms with Gasteiger partial charge in [0.05, 0.1) is 28.8 Å². The molecule has 0 amide bonds. The van der Waals surface area contributed by atoms with Gasteiger partial charge in [0, 0.05) is 10.6 Å². The summed E-state index contributed by atoms with van der Waals surface area (Å²) >= 11 is 6.08. The fraction of sp³-hybridized carbons (Fsp3) is 0.269. The van der Waals surface area contributed by atoms with E-state index in [1.165, 1.54) is 0 Å². The Kier molecular flexibility index (Phi) is 7.59. The number of fused-ring (bicyclic) bond motifs is 1. The van der Waals surface area contributed by atoms with Crippen LogP contribution in [0.15, 0.2) is 66.3 Å². The third-order valence-electron chi connectivity index (χ3n) is 5.04. The number of allylic oxidation sites excluding steroid dienone is 4. The molecule has 0 aliphatic heterocycles. The molecule has 31 heavy (non-hydrogen) atoms. The highest BCUT2D eigenvalue weighted by atomic mass is 35.5. The first-order valence-corrected chi connectivity index (χ1v) is 10.8. The van der Waals surface area contributed by atoms with Crippen LogP contribution in [0, 0.1) is 12.8 Å². The first-order chi connectivity index (χ1) is 14.9. The molecule has 4 nitrogen and oxygen atoms in total. The average molecular weight is 435 g/mol. The van der Waals surface area contributed by atoms with Crippen molar-refractivity contribution in [3.63, 3.8) is 0 Å². The summed E-state index contributed by atoms with van der Waals surface area (Å²) in [6, 6.07) is 13.7. The zero-order chi connectivity index (χ0) is 22.4. The van der Waals surface area contributed by atoms with Crippen molar-refractivity contribution in [3.05, 3.63) is 82.5 Å². The molecule has 0 spiro atoms. The van der Waals surface area contributed by atoms with Crippen LogP contribution >= 0.6 is 11.6 Å². The van der Waals surface area contributed by atoms with Crippen LogP contribution in [0.4, 0.5) is 0 Å². The maximum Gasteiger partial charge on any atom is 0.303 e. The van der Waals surface area contributed by atoms with Gasteiger partial charge < -0.3 is 5.11 Å². The van der Waals surface area contributed by atoms with E-state index < -0.39 is 5.97 Å². The van der Waals surface area contributed by atoms with Crippen LogP contribution in [-0.2, 0) is 11.2 Å². The summed E-state index contributed by atoms with van der Waals surface area (Å²) in [5.41, 5.74) is 6.73. The molecule has 0 aliphatic carbocycles. The summed E-state index contributed by atoms with van der Waals surface area (Å²) in [7, 11) is 0. The number of aliphatic carboxylic acids is 1. The minimum absolute atomic E-state index is 0.0372. The molecule has 1 heterocycles. The highest BCUT2D eigenvalue weighted by Crippen LogP contribution is 2.27. The molecule has 0 saturated heterocycles. The standard InChI is InChI=1S/C26H27ClN2O2/c1-4-5-19(14-18(3)16-25(30)31)7-13-23-26(20-8-10-21(27)11-9-20)29-22-12-6-17(2)15-24(22)28-23/h4-6,8-12,14-15,18H,7,13,16H2,1-3H3,(H,30,31)/b5-4-,19-14+. The molecule has 1 atom stereocenters. The molecule has 5 heteroatoms. The van der Waals surface area contributed by atoms with E-state index in [9.17, 15) is 4.79 Å². The Bertz CT molecular complexity index is 1130. The molecule has 1 N–H and O–H groups in total. The second-order valence-electron chi connectivity index (χ2n) is 7.83. The normalized spacial score (nSPS) is 13.1. The van der Waals surface area contributed by atoms with Crippen molar-refractivity contribution < 1.29 is 9.90 Å². The Labute approximate surface area is 188 Å². The maximum atomic E-state index is 11.0. The molecular weight excluding hydrogens is 408 g/mol. The third-order valence-corrected chi connectivity index (χ3v) is 5.29. The molecule has 1 aromatic heterocycles. The van der Waals surface area contributed by atoms with Crippen LogP contribution in [0.2, 0.25) is 5.02 Å². The first kappa shape index (κ1) is 22.7. The van der Waals surface area contributed by atoms with Crippen molar-refractivity contribution in [2.75, 3.05) is 0 Å². The van der Waals surface area contributed by atoms with Crippen molar-refractivity contribution in [3.8, 4) is 11.3 Å². The number of hydrogen-bond donors (Lipinski definition) is 1. The molecular formula is C26H27ClN2O2. The van der Waals surface area contributed by atoms with Gasteiger partial charge in [0.25, 0.3) is 0 Å². The molecule has 160 valence electrons. The molecule has 0 aliphatic rings. The summed E-state index contributed by atoms with van der Waals surface area (Å²) in [6.07, 6.45) is 7.63. The number of aryl methyl sites for hydroxylation is 2. The van der Waals surface area contributed by atoms with Crippen LogP contribution in [-0.4, -0.2) is 21.0 Å². The summed E-state index contributed by atoms with van der Waals surface area (Å²) in [6.45, 7) is 5.94. The minimum Gasteiger partial charge on any atom is -0.481 e. The van der Waals surface area contributed by atoms with Crippen molar-refractivity contribution in [2.24, 2.45) is 5.92 Å². The number of carboxylic acid groups (broad SMARTS) is 1. The predicted molar refractivity (Wildman–Crippen MR) is 127 cm³/mol. The van der Waals surface area contributed by atoms with Crippen LogP contribution in [0.3, 0.4) is 0 Å². The Morgan fingerprint density at radius 1 is 1.13 bits per heavy atom. The number of hydrogen-bond acceptors (Lipinski definition) is 3. The number of halogens is 1. The van der Waals surface area contributed by atoms with E-state index in [1.807, 2.05) is 75.4 Å². The third kappa shape index (κ3) is 6.25. The van der Waals surface area contributed by atoms with Gasteiger partial charge in [0.1, 0.15) is 0 Å². The average Bonchev–Trinajstić information content (AvgIpc) is 2.71. The number of rotatable bonds is 8. The van der Waals surface area contributed by atoms with Gasteiger partial charge in [-0.1, -0.05) is 60.5 Å². The summed E-state index contributed by atoms with van der Waals surface area (Å²) in [5.74, 6) is -0.825. The molecule has 0 bridgehead atoms. The van der Waals surface area contributed by atoms with Crippen molar-refractivity contribution in [2.45, 2.75) is 40.0 Å². The quantitative estimate of drug-likeness (QED) is 0.396. The molecule has 3 rings (SSSR count). The van der Waals surface area contributed by atoms with E-state index in [2.05, 4.69) is 6.07 Å². The van der Waals surface area contributed by atoms with Gasteiger partial charge in [0.15, 0.2) is 0 Å². The lowest BCUT2D eigenvalue weighted by atomic mass is 9.98. The highest BCUT2D eigenvalue weighted by molar-refractivity contribution is 6.30. The monoisotopic (exact) mass is 434 g/mol. The van der Waals surface area contributed by atoms with E-state index in [0.29, 0.717) is 11.4 Å². The first-order valence-electron chi connectivity index (χ1n) is 10.4. The van der Waals surface area contributed by atoms with Gasteiger partial charge in [-0.3, -0.25) is 4.79 Å². The van der Waals surface area contributed by atoms with Crippen LogP contribution in [0.1, 0.15) is 37.9 Å². The molecule has 1 unspecified atom stereocenters. The van der Waals surface area contributed by atoms with Crippen molar-refractivity contribution >= 4 is 28.6 Å². The topological polar surface area (TPSA) is 63.1 Å².